The molecule has 0 bridgehead atoms. The lowest BCUT2D eigenvalue weighted by Gasteiger charge is -2.33. The van der Waals surface area contributed by atoms with E-state index in [9.17, 15) is 18.0 Å². The Morgan fingerprint density at radius 2 is 2.17 bits per heavy atom. The first kappa shape index (κ1) is 16.0. The van der Waals surface area contributed by atoms with Crippen LogP contribution in [-0.4, -0.2) is 33.6 Å². The molecule has 1 fully saturated rings. The van der Waals surface area contributed by atoms with Crippen LogP contribution in [0.15, 0.2) is 29.2 Å². The second-order valence-corrected chi connectivity index (χ2v) is 6.09. The Labute approximate surface area is 131 Å². The Morgan fingerprint density at radius 1 is 1.39 bits per heavy atom. The summed E-state index contributed by atoms with van der Waals surface area (Å²) in [7, 11) is 0. The molecule has 2 aromatic heterocycles. The van der Waals surface area contributed by atoms with Gasteiger partial charge in [0.1, 0.15) is 5.65 Å². The van der Waals surface area contributed by atoms with Crippen molar-refractivity contribution in [3.8, 4) is 0 Å². The number of hydrogen-bond acceptors (Lipinski definition) is 3. The van der Waals surface area contributed by atoms with Crippen LogP contribution in [0.25, 0.3) is 5.65 Å². The van der Waals surface area contributed by atoms with Crippen molar-refractivity contribution in [3.63, 3.8) is 0 Å². The molecule has 3 rings (SSSR count). The van der Waals surface area contributed by atoms with Gasteiger partial charge >= 0.3 is 6.18 Å². The molecule has 0 N–H and O–H groups in total. The van der Waals surface area contributed by atoms with Gasteiger partial charge in [0.05, 0.1) is 11.6 Å². The average Bonchev–Trinajstić information content (AvgIpc) is 2.48. The number of rotatable bonds is 2. The molecule has 0 aliphatic carbocycles. The number of nitrogens with zero attached hydrogens (tertiary/aromatic N) is 3. The minimum absolute atomic E-state index is 0.0294. The van der Waals surface area contributed by atoms with E-state index in [0.717, 1.165) is 5.56 Å². The molecular weight excluding hydrogens is 307 g/mol. The lowest BCUT2D eigenvalue weighted by molar-refractivity contribution is -0.187. The predicted molar refractivity (Wildman–Crippen MR) is 80.3 cm³/mol. The van der Waals surface area contributed by atoms with E-state index in [1.54, 1.807) is 17.2 Å². The Kier molecular flexibility index (Phi) is 4.14. The summed E-state index contributed by atoms with van der Waals surface area (Å²) in [5.74, 6) is -1.29. The van der Waals surface area contributed by atoms with Gasteiger partial charge in [-0.3, -0.25) is 14.1 Å². The van der Waals surface area contributed by atoms with Crippen molar-refractivity contribution in [2.75, 3.05) is 13.1 Å². The maximum Gasteiger partial charge on any atom is 0.393 e. The Balaban J connectivity index is 1.84. The van der Waals surface area contributed by atoms with Crippen LogP contribution in [0.4, 0.5) is 13.2 Å². The maximum absolute atomic E-state index is 12.9. The fourth-order valence-electron chi connectivity index (χ4n) is 3.09. The fraction of sp³-hybridized carbons (Fsp3) is 0.500. The lowest BCUT2D eigenvalue weighted by atomic mass is 9.97. The molecule has 0 unspecified atom stereocenters. The number of piperidine rings is 1. The van der Waals surface area contributed by atoms with Crippen LogP contribution in [-0.2, 0) is 6.54 Å². The SMILES string of the molecule is Cc1cccn2c(=O)cc(CN3CCC[C@H](C(F)(F)F)C3)nc12. The molecule has 1 aliphatic heterocycles. The summed E-state index contributed by atoms with van der Waals surface area (Å²) in [5, 5.41) is 0. The predicted octanol–water partition coefficient (Wildman–Crippen LogP) is 2.78. The van der Waals surface area contributed by atoms with Crippen LogP contribution >= 0.6 is 0 Å². The number of fused-ring (bicyclic) bond motifs is 1. The van der Waals surface area contributed by atoms with E-state index in [1.165, 1.54) is 10.5 Å². The minimum atomic E-state index is -4.16. The van der Waals surface area contributed by atoms with E-state index in [2.05, 4.69) is 4.98 Å². The second kappa shape index (κ2) is 5.96. The van der Waals surface area contributed by atoms with Crippen LogP contribution in [0.3, 0.4) is 0 Å². The average molecular weight is 325 g/mol. The Bertz CT molecular complexity index is 769. The number of aryl methyl sites for hydroxylation is 1. The van der Waals surface area contributed by atoms with Gasteiger partial charge in [-0.1, -0.05) is 6.07 Å². The monoisotopic (exact) mass is 325 g/mol. The third-order valence-electron chi connectivity index (χ3n) is 4.29. The van der Waals surface area contributed by atoms with E-state index in [1.807, 2.05) is 13.0 Å². The van der Waals surface area contributed by atoms with Gasteiger partial charge < -0.3 is 0 Å². The largest absolute Gasteiger partial charge is 0.393 e. The number of hydrogen-bond donors (Lipinski definition) is 0. The molecule has 1 aliphatic rings. The van der Waals surface area contributed by atoms with Gasteiger partial charge in [0.2, 0.25) is 0 Å². The zero-order valence-electron chi connectivity index (χ0n) is 12.8. The smallest absolute Gasteiger partial charge is 0.297 e. The Hall–Kier alpha value is -1.89. The first-order valence-electron chi connectivity index (χ1n) is 7.61. The normalized spacial score (nSPS) is 20.1. The van der Waals surface area contributed by atoms with Crippen LogP contribution in [0.5, 0.6) is 0 Å². The van der Waals surface area contributed by atoms with Crippen molar-refractivity contribution in [2.45, 2.75) is 32.5 Å². The van der Waals surface area contributed by atoms with Gasteiger partial charge in [-0.15, -0.1) is 0 Å². The number of halogens is 3. The van der Waals surface area contributed by atoms with Crippen molar-refractivity contribution < 1.29 is 13.2 Å². The van der Waals surface area contributed by atoms with Crippen molar-refractivity contribution in [1.29, 1.82) is 0 Å². The van der Waals surface area contributed by atoms with Crippen LogP contribution < -0.4 is 5.56 Å². The first-order chi connectivity index (χ1) is 10.8. The van der Waals surface area contributed by atoms with Crippen LogP contribution in [0, 0.1) is 12.8 Å². The summed E-state index contributed by atoms with van der Waals surface area (Å²) >= 11 is 0. The standard InChI is InChI=1S/C16H18F3N3O/c1-11-4-2-7-22-14(23)8-13(20-15(11)22)10-21-6-3-5-12(9-21)16(17,18)19/h2,4,7-8,12H,3,5-6,9-10H2,1H3/t12-/m0/s1. The quantitative estimate of drug-likeness (QED) is 0.852. The van der Waals surface area contributed by atoms with Crippen molar-refractivity contribution >= 4 is 5.65 Å². The number of alkyl halides is 3. The van der Waals surface area contributed by atoms with Crippen molar-refractivity contribution in [2.24, 2.45) is 5.92 Å². The highest BCUT2D eigenvalue weighted by Gasteiger charge is 2.41. The Morgan fingerprint density at radius 3 is 2.91 bits per heavy atom. The molecule has 3 heterocycles. The third kappa shape index (κ3) is 3.39. The van der Waals surface area contributed by atoms with E-state index >= 15 is 0 Å². The molecule has 0 spiro atoms. The third-order valence-corrected chi connectivity index (χ3v) is 4.29. The zero-order chi connectivity index (χ0) is 16.6. The van der Waals surface area contributed by atoms with E-state index in [0.29, 0.717) is 24.3 Å². The van der Waals surface area contributed by atoms with E-state index < -0.39 is 12.1 Å². The summed E-state index contributed by atoms with van der Waals surface area (Å²) in [5.41, 5.74) is 1.72. The molecule has 1 atom stereocenters. The molecule has 1 saturated heterocycles. The summed E-state index contributed by atoms with van der Waals surface area (Å²) in [6, 6.07) is 5.03. The molecule has 124 valence electrons. The second-order valence-electron chi connectivity index (χ2n) is 6.09. The number of likely N-dealkylation sites (tertiary alicyclic amines) is 1. The minimum Gasteiger partial charge on any atom is -0.297 e. The zero-order valence-corrected chi connectivity index (χ0v) is 12.8. The molecule has 0 aromatic carbocycles. The highest BCUT2D eigenvalue weighted by molar-refractivity contribution is 5.46. The van der Waals surface area contributed by atoms with Gasteiger partial charge in [-0.2, -0.15) is 13.2 Å². The molecule has 0 saturated carbocycles. The first-order valence-corrected chi connectivity index (χ1v) is 7.61. The number of aromatic nitrogens is 2. The van der Waals surface area contributed by atoms with E-state index in [4.69, 9.17) is 0 Å². The molecule has 0 radical (unpaired) electrons. The van der Waals surface area contributed by atoms with E-state index in [-0.39, 0.29) is 25.1 Å². The van der Waals surface area contributed by atoms with Crippen LogP contribution in [0.2, 0.25) is 0 Å². The lowest BCUT2D eigenvalue weighted by Crippen LogP contribution is -2.41. The van der Waals surface area contributed by atoms with Crippen molar-refractivity contribution in [1.82, 2.24) is 14.3 Å². The summed E-state index contributed by atoms with van der Waals surface area (Å²) in [6.45, 7) is 2.69. The molecule has 2 aromatic rings. The summed E-state index contributed by atoms with van der Waals surface area (Å²) in [4.78, 5) is 18.3. The molecule has 7 heteroatoms. The van der Waals surface area contributed by atoms with Gasteiger partial charge in [0, 0.05) is 25.4 Å². The molecule has 0 amide bonds. The highest BCUT2D eigenvalue weighted by Crippen LogP contribution is 2.33. The molecular formula is C16H18F3N3O. The molecule has 4 nitrogen and oxygen atoms in total. The molecule has 23 heavy (non-hydrogen) atoms. The number of pyridine rings is 1. The highest BCUT2D eigenvalue weighted by atomic mass is 19.4. The van der Waals surface area contributed by atoms with Gasteiger partial charge in [0.25, 0.3) is 5.56 Å². The summed E-state index contributed by atoms with van der Waals surface area (Å²) < 4.78 is 40.1. The van der Waals surface area contributed by atoms with Gasteiger partial charge in [-0.25, -0.2) is 4.98 Å². The van der Waals surface area contributed by atoms with Crippen LogP contribution in [0.1, 0.15) is 24.1 Å². The fourth-order valence-corrected chi connectivity index (χ4v) is 3.09. The van der Waals surface area contributed by atoms with Gasteiger partial charge in [0.15, 0.2) is 0 Å². The summed E-state index contributed by atoms with van der Waals surface area (Å²) in [6.07, 6.45) is -1.84. The topological polar surface area (TPSA) is 37.6 Å². The maximum atomic E-state index is 12.9. The van der Waals surface area contributed by atoms with Crippen molar-refractivity contribution in [3.05, 3.63) is 46.0 Å². The van der Waals surface area contributed by atoms with Gasteiger partial charge in [-0.05, 0) is 37.9 Å².